The van der Waals surface area contributed by atoms with Gasteiger partial charge in [0.25, 0.3) is 0 Å². The van der Waals surface area contributed by atoms with E-state index in [4.69, 9.17) is 5.11 Å². The molecule has 0 spiro atoms. The lowest BCUT2D eigenvalue weighted by Crippen LogP contribution is -1.77. The first-order valence-electron chi connectivity index (χ1n) is 3.34. The van der Waals surface area contributed by atoms with Crippen molar-refractivity contribution in [2.75, 3.05) is 0 Å². The summed E-state index contributed by atoms with van der Waals surface area (Å²) >= 11 is 12.5. The van der Waals surface area contributed by atoms with E-state index >= 15 is 0 Å². The molecule has 0 bridgehead atoms. The van der Waals surface area contributed by atoms with E-state index in [0.29, 0.717) is 0 Å². The van der Waals surface area contributed by atoms with Crippen LogP contribution in [0.3, 0.4) is 0 Å². The molecular formula is C8H8Br4O. The topological polar surface area (TPSA) is 20.2 Å². The molecule has 0 aromatic heterocycles. The second kappa shape index (κ2) is 7.40. The van der Waals surface area contributed by atoms with Crippen LogP contribution in [0, 0.1) is 0 Å². The molecule has 0 aliphatic carbocycles. The van der Waals surface area contributed by atoms with Gasteiger partial charge in [0.2, 0.25) is 0 Å². The lowest BCUT2D eigenvalue weighted by atomic mass is 10.2. The number of halogens is 4. The average molecular weight is 440 g/mol. The third kappa shape index (κ3) is 13.1. The Balaban J connectivity index is 0.000000252. The van der Waals surface area contributed by atoms with Crippen LogP contribution in [-0.4, -0.2) is 6.16 Å². The van der Waals surface area contributed by atoms with Gasteiger partial charge in [-0.1, -0.05) is 30.3 Å². The quantitative estimate of drug-likeness (QED) is 0.645. The van der Waals surface area contributed by atoms with Crippen LogP contribution in [0.5, 0.6) is 0 Å². The van der Waals surface area contributed by atoms with Crippen molar-refractivity contribution in [1.82, 2.24) is 0 Å². The second-order valence-corrected chi connectivity index (χ2v) is 13.2. The number of benzene rings is 1. The molecule has 0 fully saturated rings. The van der Waals surface area contributed by atoms with Crippen LogP contribution in [-0.2, 0) is 6.61 Å². The summed E-state index contributed by atoms with van der Waals surface area (Å²) in [4.78, 5) is 0. The van der Waals surface area contributed by atoms with E-state index < -0.39 is 0 Å². The second-order valence-electron chi connectivity index (χ2n) is 2.07. The fourth-order valence-corrected chi connectivity index (χ4v) is 0.583. The molecule has 74 valence electrons. The third-order valence-corrected chi connectivity index (χ3v) is 1.03. The lowest BCUT2D eigenvalue weighted by molar-refractivity contribution is 0.282. The van der Waals surface area contributed by atoms with Gasteiger partial charge in [-0.05, 0) is 69.3 Å². The Labute approximate surface area is 111 Å². The summed E-state index contributed by atoms with van der Waals surface area (Å²) in [5.41, 5.74) is 0.965. The molecule has 1 aromatic rings. The molecule has 5 heteroatoms. The van der Waals surface area contributed by atoms with Gasteiger partial charge < -0.3 is 5.11 Å². The summed E-state index contributed by atoms with van der Waals surface area (Å²) in [6.07, 6.45) is 0. The van der Waals surface area contributed by atoms with Crippen molar-refractivity contribution in [3.05, 3.63) is 35.9 Å². The van der Waals surface area contributed by atoms with E-state index in [-0.39, 0.29) is 7.66 Å². The van der Waals surface area contributed by atoms with Gasteiger partial charge in [0.1, 0.15) is 0 Å². The van der Waals surface area contributed by atoms with E-state index in [0.717, 1.165) is 5.56 Å². The normalized spacial score (nSPS) is 10.2. The van der Waals surface area contributed by atoms with Gasteiger partial charge in [-0.25, -0.2) is 0 Å². The smallest absolute Gasteiger partial charge is 0.189 e. The zero-order chi connectivity index (χ0) is 10.3. The summed E-state index contributed by atoms with van der Waals surface area (Å²) in [5, 5.41) is 8.54. The van der Waals surface area contributed by atoms with Crippen LogP contribution in [0.15, 0.2) is 30.3 Å². The van der Waals surface area contributed by atoms with E-state index in [1.54, 1.807) is 0 Å². The summed E-state index contributed by atoms with van der Waals surface area (Å²) in [6, 6.07) is 9.52. The molecule has 0 radical (unpaired) electrons. The molecule has 1 N–H and O–H groups in total. The maximum absolute atomic E-state index is 8.54. The summed E-state index contributed by atoms with van der Waals surface area (Å²) < 4.78 is -0.250. The van der Waals surface area contributed by atoms with Gasteiger partial charge in [0, 0.05) is 0 Å². The summed E-state index contributed by atoms with van der Waals surface area (Å²) in [6.45, 7) is 0.140. The molecule has 1 nitrogen and oxygen atoms in total. The van der Waals surface area contributed by atoms with E-state index in [1.807, 2.05) is 30.3 Å². The summed E-state index contributed by atoms with van der Waals surface area (Å²) in [5.74, 6) is 0. The summed E-state index contributed by atoms with van der Waals surface area (Å²) in [7, 11) is 0. The zero-order valence-corrected chi connectivity index (χ0v) is 12.9. The van der Waals surface area contributed by atoms with E-state index in [2.05, 4.69) is 63.7 Å². The minimum Gasteiger partial charge on any atom is -0.392 e. The fourth-order valence-electron chi connectivity index (χ4n) is 0.583. The number of alkyl halides is 4. The SMILES string of the molecule is BrC(Br)(Br)Br.OCc1ccccc1. The number of hydrogen-bond acceptors (Lipinski definition) is 1. The van der Waals surface area contributed by atoms with Crippen molar-refractivity contribution in [1.29, 1.82) is 0 Å². The van der Waals surface area contributed by atoms with Gasteiger partial charge in [0.05, 0.1) is 6.61 Å². The van der Waals surface area contributed by atoms with Crippen molar-refractivity contribution in [2.24, 2.45) is 0 Å². The number of aliphatic hydroxyl groups is 1. The highest BCUT2D eigenvalue weighted by molar-refractivity contribution is 9.52. The highest BCUT2D eigenvalue weighted by atomic mass is 80.0. The van der Waals surface area contributed by atoms with Gasteiger partial charge in [-0.2, -0.15) is 0 Å². The molecule has 1 rings (SSSR count). The fraction of sp³-hybridized carbons (Fsp3) is 0.250. The van der Waals surface area contributed by atoms with Crippen LogP contribution in [0.4, 0.5) is 0 Å². The Morgan fingerprint density at radius 3 is 1.62 bits per heavy atom. The Morgan fingerprint density at radius 2 is 1.38 bits per heavy atom. The van der Waals surface area contributed by atoms with Gasteiger partial charge in [0.15, 0.2) is 1.05 Å². The van der Waals surface area contributed by atoms with Crippen LogP contribution in [0.2, 0.25) is 0 Å². The predicted octanol–water partition coefficient (Wildman–Crippen LogP) is 4.36. The van der Waals surface area contributed by atoms with Crippen molar-refractivity contribution < 1.29 is 5.11 Å². The molecule has 13 heavy (non-hydrogen) atoms. The van der Waals surface area contributed by atoms with Crippen molar-refractivity contribution in [2.45, 2.75) is 7.66 Å². The standard InChI is InChI=1S/C7H8O.CBr4/c8-6-7-4-2-1-3-5-7;2-1(3,4)5/h1-5,8H,6H2;. The minimum atomic E-state index is -0.250. The minimum absolute atomic E-state index is 0.140. The average Bonchev–Trinajstić information content (AvgIpc) is 2.03. The largest absolute Gasteiger partial charge is 0.392 e. The zero-order valence-electron chi connectivity index (χ0n) is 6.55. The third-order valence-electron chi connectivity index (χ3n) is 1.03. The van der Waals surface area contributed by atoms with Crippen molar-refractivity contribution in [3.8, 4) is 0 Å². The Bertz CT molecular complexity index is 213. The van der Waals surface area contributed by atoms with Crippen LogP contribution in [0.1, 0.15) is 5.56 Å². The molecule has 0 saturated heterocycles. The Morgan fingerprint density at radius 1 is 1.00 bits per heavy atom. The Kier molecular flexibility index (Phi) is 8.03. The lowest BCUT2D eigenvalue weighted by Gasteiger charge is -1.93. The van der Waals surface area contributed by atoms with Gasteiger partial charge >= 0.3 is 0 Å². The highest BCUT2D eigenvalue weighted by Gasteiger charge is 2.08. The maximum Gasteiger partial charge on any atom is 0.189 e. The molecule has 0 atom stereocenters. The van der Waals surface area contributed by atoms with Crippen LogP contribution < -0.4 is 0 Å². The van der Waals surface area contributed by atoms with Crippen LogP contribution >= 0.6 is 63.7 Å². The maximum atomic E-state index is 8.54. The first kappa shape index (κ1) is 14.1. The molecular weight excluding hydrogens is 432 g/mol. The van der Waals surface area contributed by atoms with E-state index in [9.17, 15) is 0 Å². The number of rotatable bonds is 1. The predicted molar refractivity (Wildman–Crippen MR) is 70.8 cm³/mol. The van der Waals surface area contributed by atoms with Crippen molar-refractivity contribution in [3.63, 3.8) is 0 Å². The number of hydrogen-bond donors (Lipinski definition) is 1. The molecule has 0 heterocycles. The highest BCUT2D eigenvalue weighted by Crippen LogP contribution is 2.39. The molecule has 1 aromatic carbocycles. The molecule has 0 aliphatic rings. The molecule has 0 aliphatic heterocycles. The first-order chi connectivity index (χ1) is 5.93. The number of aliphatic hydroxyl groups excluding tert-OH is 1. The van der Waals surface area contributed by atoms with Gasteiger partial charge in [-0.3, -0.25) is 0 Å². The molecule has 0 amide bonds. The van der Waals surface area contributed by atoms with Crippen molar-refractivity contribution >= 4 is 63.7 Å². The Hall–Kier alpha value is 1.10. The van der Waals surface area contributed by atoms with Crippen LogP contribution in [0.25, 0.3) is 0 Å². The monoisotopic (exact) mass is 436 g/mol. The molecule has 0 saturated carbocycles. The van der Waals surface area contributed by atoms with Gasteiger partial charge in [-0.15, -0.1) is 0 Å². The molecule has 0 unspecified atom stereocenters. The first-order valence-corrected chi connectivity index (χ1v) is 6.51. The van der Waals surface area contributed by atoms with E-state index in [1.165, 1.54) is 0 Å².